The fourth-order valence-electron chi connectivity index (χ4n) is 9.51. The Morgan fingerprint density at radius 2 is 0.910 bits per heavy atom. The van der Waals surface area contributed by atoms with Gasteiger partial charge < -0.3 is 54.4 Å². The molecule has 4 aromatic heterocycles. The van der Waals surface area contributed by atoms with Gasteiger partial charge in [0.25, 0.3) is 0 Å². The number of benzene rings is 4. The average molecular weight is 1080 g/mol. The van der Waals surface area contributed by atoms with Gasteiger partial charge in [0.05, 0.1) is 57.8 Å². The molecule has 20 heteroatoms. The van der Waals surface area contributed by atoms with E-state index in [0.717, 1.165) is 102 Å². The Morgan fingerprint density at radius 1 is 0.538 bits per heavy atom. The third kappa shape index (κ3) is 14.6. The van der Waals surface area contributed by atoms with Crippen LogP contribution < -0.4 is 59.1 Å². The second kappa shape index (κ2) is 28.4. The average Bonchev–Trinajstić information content (AvgIpc) is 4.09. The van der Waals surface area contributed by atoms with E-state index in [1.165, 1.54) is 19.2 Å². The molecule has 4 N–H and O–H groups in total. The van der Waals surface area contributed by atoms with Crippen LogP contribution in [0.4, 0.5) is 11.6 Å². The summed E-state index contributed by atoms with van der Waals surface area (Å²) in [6, 6.07) is 33.2. The molecule has 78 heavy (non-hydrogen) atoms. The van der Waals surface area contributed by atoms with Crippen LogP contribution in [0, 0.1) is 0 Å². The third-order valence-electron chi connectivity index (χ3n) is 13.7. The van der Waals surface area contributed by atoms with Crippen LogP contribution in [-0.2, 0) is 27.3 Å². The SMILES string of the molecule is C.COC(=O)c1ccc(Oc2ccnc3c2c(NC2CCC(OC)CC2)nn3Cc2ccc(OC)cc2)cc1.COc1ccc(Cn2nc(NC3CCC(OC)CC3)c3c(Oc4ccc(C(=O)O)cc4)ccnc32)cc1.[Na+].[OH-]. The number of anilines is 2. The smallest absolute Gasteiger partial charge is 0.870 e. The van der Waals surface area contributed by atoms with Gasteiger partial charge in [-0.15, -0.1) is 0 Å². The van der Waals surface area contributed by atoms with E-state index >= 15 is 0 Å². The van der Waals surface area contributed by atoms with Crippen molar-refractivity contribution >= 4 is 45.6 Å². The molecule has 0 saturated heterocycles. The predicted molar refractivity (Wildman–Crippen MR) is 293 cm³/mol. The molecule has 2 saturated carbocycles. The summed E-state index contributed by atoms with van der Waals surface area (Å²) >= 11 is 0. The minimum absolute atomic E-state index is 0. The first-order valence-electron chi connectivity index (χ1n) is 25.0. The molecule has 8 aromatic rings. The van der Waals surface area contributed by atoms with Crippen molar-refractivity contribution in [1.82, 2.24) is 29.5 Å². The van der Waals surface area contributed by atoms with E-state index in [1.807, 2.05) is 64.0 Å². The van der Waals surface area contributed by atoms with Crippen LogP contribution in [0.15, 0.2) is 122 Å². The number of esters is 1. The van der Waals surface area contributed by atoms with Gasteiger partial charge in [0.15, 0.2) is 22.9 Å². The number of ether oxygens (including phenoxy) is 7. The van der Waals surface area contributed by atoms with Gasteiger partial charge in [0, 0.05) is 50.8 Å². The molecule has 4 aromatic carbocycles. The second-order valence-electron chi connectivity index (χ2n) is 18.5. The Morgan fingerprint density at radius 3 is 1.26 bits per heavy atom. The van der Waals surface area contributed by atoms with Crippen LogP contribution in [-0.4, -0.2) is 112 Å². The fraction of sp³-hybridized carbons (Fsp3) is 0.345. The van der Waals surface area contributed by atoms with Crippen LogP contribution in [0.25, 0.3) is 22.1 Å². The molecular formula is C58H67N8NaO11. The maximum Gasteiger partial charge on any atom is 1.00 e. The zero-order chi connectivity index (χ0) is 52.3. The molecule has 4 heterocycles. The van der Waals surface area contributed by atoms with Crippen molar-refractivity contribution in [2.24, 2.45) is 0 Å². The van der Waals surface area contributed by atoms with Crippen molar-refractivity contribution in [1.29, 1.82) is 0 Å². The summed E-state index contributed by atoms with van der Waals surface area (Å²) < 4.78 is 42.7. The van der Waals surface area contributed by atoms with Gasteiger partial charge in [-0.25, -0.2) is 28.9 Å². The van der Waals surface area contributed by atoms with Gasteiger partial charge in [-0.3, -0.25) is 0 Å². The molecule has 0 atom stereocenters. The number of aromatic nitrogens is 6. The van der Waals surface area contributed by atoms with Crippen molar-refractivity contribution in [3.8, 4) is 34.5 Å². The molecule has 2 aliphatic carbocycles. The number of pyridine rings is 2. The number of fused-ring (bicyclic) bond motifs is 2. The summed E-state index contributed by atoms with van der Waals surface area (Å²) in [6.07, 6.45) is 12.0. The molecule has 19 nitrogen and oxygen atoms in total. The standard InChI is InChI=1S/C29H32N4O5.C28H30N4O5.CH4.Na.H2O/c1-35-22-10-4-19(5-11-22)18-33-28-26(27(32-33)31-21-8-14-23(36-2)15-9-21)25(16-17-30-28)38-24-12-6-20(7-13-24)29(34)37-3;1-35-21-9-3-18(4-10-21)17-32-27-25(26(31-32)30-20-7-13-22(36-2)14-8-20)24(15-16-29-27)37-23-11-5-19(6-12-23)28(33)34;;;/h4-7,10-13,16-17,21,23H,8-9,14-15,18H2,1-3H3,(H,31,32);3-6,9-12,15-16,20,22H,7-8,13-14,17H2,1-2H3,(H,30,31)(H,33,34);1H4;;1H2/q;;;+1;/p-1. The molecule has 10 rings (SSSR count). The molecule has 0 unspecified atom stereocenters. The molecule has 406 valence electrons. The Balaban J connectivity index is 0.000000243. The number of carboxylic acids is 1. The number of carboxylic acid groups (broad SMARTS) is 1. The van der Waals surface area contributed by atoms with Gasteiger partial charge >= 0.3 is 41.5 Å². The van der Waals surface area contributed by atoms with Crippen LogP contribution in [0.2, 0.25) is 0 Å². The van der Waals surface area contributed by atoms with Crippen molar-refractivity contribution in [3.05, 3.63) is 144 Å². The van der Waals surface area contributed by atoms with E-state index < -0.39 is 11.9 Å². The summed E-state index contributed by atoms with van der Waals surface area (Å²) in [5.74, 6) is 4.05. The minimum Gasteiger partial charge on any atom is -0.870 e. The maximum atomic E-state index is 11.8. The Hall–Kier alpha value is -7.26. The summed E-state index contributed by atoms with van der Waals surface area (Å²) in [7, 11) is 8.21. The van der Waals surface area contributed by atoms with Crippen molar-refractivity contribution in [2.45, 2.75) is 96.2 Å². The summed E-state index contributed by atoms with van der Waals surface area (Å²) in [5, 5.41) is 28.0. The number of hydrogen-bond acceptors (Lipinski definition) is 16. The monoisotopic (exact) mass is 1070 g/mol. The largest absolute Gasteiger partial charge is 1.00 e. The van der Waals surface area contributed by atoms with Crippen LogP contribution in [0.3, 0.4) is 0 Å². The number of nitrogens with one attached hydrogen (secondary N) is 2. The molecule has 0 amide bonds. The number of methoxy groups -OCH3 is 5. The predicted octanol–water partition coefficient (Wildman–Crippen LogP) is 8.25. The van der Waals surface area contributed by atoms with Gasteiger partial charge in [0.2, 0.25) is 0 Å². The topological polar surface area (TPSA) is 234 Å². The normalized spacial score (nSPS) is 16.7. The third-order valence-corrected chi connectivity index (χ3v) is 13.7. The number of carbonyl (C=O) groups excluding carboxylic acids is 1. The minimum atomic E-state index is -0.979. The molecule has 0 radical (unpaired) electrons. The van der Waals surface area contributed by atoms with Gasteiger partial charge in [-0.2, -0.15) is 10.2 Å². The Labute approximate surface area is 476 Å². The molecule has 0 aliphatic heterocycles. The number of hydrogen-bond donors (Lipinski definition) is 3. The van der Waals surface area contributed by atoms with Crippen molar-refractivity contribution < 1.29 is 82.9 Å². The van der Waals surface area contributed by atoms with Crippen LogP contribution in [0.5, 0.6) is 34.5 Å². The Kier molecular flexibility index (Phi) is 21.8. The first-order chi connectivity index (χ1) is 36.6. The van der Waals surface area contributed by atoms with E-state index in [0.29, 0.717) is 59.5 Å². The zero-order valence-electron chi connectivity index (χ0n) is 44.2. The van der Waals surface area contributed by atoms with E-state index in [-0.39, 0.29) is 60.1 Å². The summed E-state index contributed by atoms with van der Waals surface area (Å²) in [5.41, 5.74) is 4.22. The number of nitrogens with zero attached hydrogens (tertiary/aromatic N) is 6. The molecule has 2 fully saturated rings. The first kappa shape index (κ1) is 60.0. The van der Waals surface area contributed by atoms with Gasteiger partial charge in [-0.1, -0.05) is 31.7 Å². The van der Waals surface area contributed by atoms with E-state index in [4.69, 9.17) is 43.4 Å². The van der Waals surface area contributed by atoms with Crippen molar-refractivity contribution in [2.75, 3.05) is 46.2 Å². The summed E-state index contributed by atoms with van der Waals surface area (Å²) in [6.45, 7) is 1.07. The van der Waals surface area contributed by atoms with Crippen LogP contribution in [0.1, 0.15) is 90.6 Å². The number of carbonyl (C=O) groups is 2. The fourth-order valence-corrected chi connectivity index (χ4v) is 9.51. The Bertz CT molecular complexity index is 3180. The van der Waals surface area contributed by atoms with E-state index in [1.54, 1.807) is 83.3 Å². The molecule has 0 spiro atoms. The van der Waals surface area contributed by atoms with E-state index in [2.05, 4.69) is 20.6 Å². The molecule has 0 bridgehead atoms. The van der Waals surface area contributed by atoms with Gasteiger partial charge in [-0.05, 0) is 135 Å². The quantitative estimate of drug-likeness (QED) is 0.0542. The first-order valence-corrected chi connectivity index (χ1v) is 25.0. The molecule has 2 aliphatic rings. The zero-order valence-corrected chi connectivity index (χ0v) is 46.2. The molecular weight excluding hydrogens is 1010 g/mol. The van der Waals surface area contributed by atoms with E-state index in [9.17, 15) is 14.7 Å². The summed E-state index contributed by atoms with van der Waals surface area (Å²) in [4.78, 5) is 32.4. The number of aromatic carboxylic acids is 1. The van der Waals surface area contributed by atoms with Gasteiger partial charge in [0.1, 0.15) is 45.3 Å². The number of rotatable bonds is 18. The maximum absolute atomic E-state index is 11.8. The van der Waals surface area contributed by atoms with Crippen molar-refractivity contribution in [3.63, 3.8) is 0 Å². The second-order valence-corrected chi connectivity index (χ2v) is 18.5. The van der Waals surface area contributed by atoms with Crippen LogP contribution >= 0.6 is 0 Å².